The number of carbonyl (C=O) groups is 1. The molecule has 0 aliphatic carbocycles. The van der Waals surface area contributed by atoms with Crippen molar-refractivity contribution in [2.75, 3.05) is 6.54 Å². The molecule has 0 spiro atoms. The number of piperidine rings is 1. The fraction of sp³-hybridized carbons (Fsp3) is 0.391. The van der Waals surface area contributed by atoms with E-state index >= 15 is 0 Å². The molecule has 2 aromatic heterocycles. The topological polar surface area (TPSA) is 59.0 Å². The molecule has 0 N–H and O–H groups in total. The Morgan fingerprint density at radius 1 is 1.18 bits per heavy atom. The Hall–Kier alpha value is -2.82. The lowest BCUT2D eigenvalue weighted by Gasteiger charge is -2.33. The minimum absolute atomic E-state index is 0.0933. The fourth-order valence-electron chi connectivity index (χ4n) is 3.89. The average Bonchev–Trinajstić information content (AvgIpc) is 2.72. The van der Waals surface area contributed by atoms with Gasteiger partial charge >= 0.3 is 0 Å². The fourth-order valence-corrected chi connectivity index (χ4v) is 3.89. The molecule has 1 fully saturated rings. The Morgan fingerprint density at radius 3 is 2.68 bits per heavy atom. The van der Waals surface area contributed by atoms with E-state index in [0.29, 0.717) is 5.56 Å². The molecule has 3 aromatic rings. The van der Waals surface area contributed by atoms with Crippen LogP contribution in [-0.4, -0.2) is 38.3 Å². The number of pyridine rings is 1. The lowest BCUT2D eigenvalue weighted by Crippen LogP contribution is -2.42. The molecular weight excluding hydrogens is 348 g/mol. The zero-order chi connectivity index (χ0) is 19.7. The van der Waals surface area contributed by atoms with Gasteiger partial charge in [-0.1, -0.05) is 19.1 Å². The minimum Gasteiger partial charge on any atom is -0.336 e. The zero-order valence-corrected chi connectivity index (χ0v) is 16.8. The van der Waals surface area contributed by atoms with E-state index in [-0.39, 0.29) is 11.9 Å². The highest BCUT2D eigenvalue weighted by Crippen LogP contribution is 2.28. The molecule has 5 heteroatoms. The van der Waals surface area contributed by atoms with Gasteiger partial charge in [0.15, 0.2) is 0 Å². The second-order valence-corrected chi connectivity index (χ2v) is 7.66. The normalized spacial score (nSPS) is 17.1. The van der Waals surface area contributed by atoms with Crippen molar-refractivity contribution in [3.05, 3.63) is 53.6 Å². The van der Waals surface area contributed by atoms with Crippen molar-refractivity contribution in [3.8, 4) is 11.3 Å². The summed E-state index contributed by atoms with van der Waals surface area (Å²) in [4.78, 5) is 29.1. The van der Waals surface area contributed by atoms with Crippen LogP contribution in [0.15, 0.2) is 36.7 Å². The molecule has 0 radical (unpaired) electrons. The van der Waals surface area contributed by atoms with Gasteiger partial charge in [-0.15, -0.1) is 0 Å². The summed E-state index contributed by atoms with van der Waals surface area (Å²) in [6, 6.07) is 8.27. The third kappa shape index (κ3) is 3.49. The minimum atomic E-state index is 0.0933. The number of benzene rings is 1. The van der Waals surface area contributed by atoms with E-state index < -0.39 is 0 Å². The molecule has 144 valence electrons. The van der Waals surface area contributed by atoms with Crippen LogP contribution in [0.3, 0.4) is 0 Å². The number of fused-ring (bicyclic) bond motifs is 1. The van der Waals surface area contributed by atoms with Crippen molar-refractivity contribution in [2.24, 2.45) is 0 Å². The first-order valence-corrected chi connectivity index (χ1v) is 10.1. The number of aromatic nitrogens is 3. The maximum atomic E-state index is 13.5. The second-order valence-electron chi connectivity index (χ2n) is 7.66. The summed E-state index contributed by atoms with van der Waals surface area (Å²) in [5, 5.41) is 0.906. The quantitative estimate of drug-likeness (QED) is 0.673. The van der Waals surface area contributed by atoms with Crippen LogP contribution in [0.5, 0.6) is 0 Å². The predicted molar refractivity (Wildman–Crippen MR) is 111 cm³/mol. The maximum Gasteiger partial charge on any atom is 0.254 e. The zero-order valence-electron chi connectivity index (χ0n) is 16.8. The second kappa shape index (κ2) is 7.66. The highest BCUT2D eigenvalue weighted by molar-refractivity contribution is 6.07. The van der Waals surface area contributed by atoms with Gasteiger partial charge in [0.25, 0.3) is 5.91 Å². The Bertz CT molecular complexity index is 1010. The van der Waals surface area contributed by atoms with Gasteiger partial charge in [0.05, 0.1) is 16.8 Å². The van der Waals surface area contributed by atoms with Crippen LogP contribution >= 0.6 is 0 Å². The third-order valence-electron chi connectivity index (χ3n) is 5.58. The SMILES string of the molecule is CCc1ncc(-c2cc(C(=O)N3CCCC[C@@H]3C)c3ccc(C)cc3n2)cn1. The monoisotopic (exact) mass is 374 g/mol. The van der Waals surface area contributed by atoms with Crippen LogP contribution in [0.25, 0.3) is 22.2 Å². The van der Waals surface area contributed by atoms with E-state index in [4.69, 9.17) is 4.98 Å². The van der Waals surface area contributed by atoms with E-state index in [1.165, 1.54) is 6.42 Å². The van der Waals surface area contributed by atoms with Crippen molar-refractivity contribution in [2.45, 2.75) is 52.5 Å². The van der Waals surface area contributed by atoms with Crippen molar-refractivity contribution < 1.29 is 4.79 Å². The van der Waals surface area contributed by atoms with Crippen LogP contribution in [0.4, 0.5) is 0 Å². The van der Waals surface area contributed by atoms with E-state index in [1.54, 1.807) is 12.4 Å². The van der Waals surface area contributed by atoms with Gasteiger partial charge in [0.1, 0.15) is 5.82 Å². The number of likely N-dealkylation sites (tertiary alicyclic amines) is 1. The summed E-state index contributed by atoms with van der Waals surface area (Å²) in [5.74, 6) is 0.898. The molecule has 0 unspecified atom stereocenters. The lowest BCUT2D eigenvalue weighted by atomic mass is 9.99. The summed E-state index contributed by atoms with van der Waals surface area (Å²) in [6.07, 6.45) is 7.71. The summed E-state index contributed by atoms with van der Waals surface area (Å²) in [5.41, 5.74) is 4.26. The van der Waals surface area contributed by atoms with Crippen molar-refractivity contribution >= 4 is 16.8 Å². The molecule has 1 aromatic carbocycles. The highest BCUT2D eigenvalue weighted by atomic mass is 16.2. The maximum absolute atomic E-state index is 13.5. The molecule has 3 heterocycles. The predicted octanol–water partition coefficient (Wildman–Crippen LogP) is 4.58. The van der Waals surface area contributed by atoms with Crippen LogP contribution in [0, 0.1) is 6.92 Å². The number of hydrogen-bond donors (Lipinski definition) is 0. The summed E-state index contributed by atoms with van der Waals surface area (Å²) >= 11 is 0. The van der Waals surface area contributed by atoms with Crippen LogP contribution in [0.1, 0.15) is 54.9 Å². The molecular formula is C23H26N4O. The molecule has 1 amide bonds. The third-order valence-corrected chi connectivity index (χ3v) is 5.58. The number of nitrogens with zero attached hydrogens (tertiary/aromatic N) is 4. The van der Waals surface area contributed by atoms with E-state index in [1.807, 2.05) is 43.0 Å². The van der Waals surface area contributed by atoms with Crippen LogP contribution in [-0.2, 0) is 6.42 Å². The summed E-state index contributed by atoms with van der Waals surface area (Å²) in [6.45, 7) is 7.03. The first-order valence-electron chi connectivity index (χ1n) is 10.1. The number of amides is 1. The van der Waals surface area contributed by atoms with Gasteiger partial charge < -0.3 is 4.90 Å². The Kier molecular flexibility index (Phi) is 5.07. The summed E-state index contributed by atoms with van der Waals surface area (Å²) < 4.78 is 0. The van der Waals surface area contributed by atoms with Crippen LogP contribution < -0.4 is 0 Å². The highest BCUT2D eigenvalue weighted by Gasteiger charge is 2.26. The van der Waals surface area contributed by atoms with E-state index in [2.05, 4.69) is 16.9 Å². The first kappa shape index (κ1) is 18.5. The van der Waals surface area contributed by atoms with Gasteiger partial charge in [-0.2, -0.15) is 0 Å². The van der Waals surface area contributed by atoms with Crippen LogP contribution in [0.2, 0.25) is 0 Å². The van der Waals surface area contributed by atoms with E-state index in [0.717, 1.165) is 59.4 Å². The molecule has 28 heavy (non-hydrogen) atoms. The molecule has 0 saturated carbocycles. The largest absolute Gasteiger partial charge is 0.336 e. The van der Waals surface area contributed by atoms with Gasteiger partial charge in [0.2, 0.25) is 0 Å². The first-order chi connectivity index (χ1) is 13.6. The summed E-state index contributed by atoms with van der Waals surface area (Å²) in [7, 11) is 0. The number of rotatable bonds is 3. The standard InChI is InChI=1S/C23H26N4O/c1-4-22-24-13-17(14-25-22)20-12-19(18-9-8-15(2)11-21(18)26-20)23(28)27-10-6-5-7-16(27)3/h8-9,11-14,16H,4-7,10H2,1-3H3/t16-/m0/s1. The molecule has 1 aliphatic rings. The smallest absolute Gasteiger partial charge is 0.254 e. The lowest BCUT2D eigenvalue weighted by molar-refractivity contribution is 0.0637. The van der Waals surface area contributed by atoms with Gasteiger partial charge in [-0.3, -0.25) is 4.79 Å². The molecule has 1 atom stereocenters. The molecule has 5 nitrogen and oxygen atoms in total. The number of aryl methyl sites for hydroxylation is 2. The Balaban J connectivity index is 1.84. The molecule has 1 aliphatic heterocycles. The number of carbonyl (C=O) groups excluding carboxylic acids is 1. The molecule has 4 rings (SSSR count). The molecule has 0 bridgehead atoms. The van der Waals surface area contributed by atoms with Crippen molar-refractivity contribution in [3.63, 3.8) is 0 Å². The van der Waals surface area contributed by atoms with Crippen molar-refractivity contribution in [1.29, 1.82) is 0 Å². The van der Waals surface area contributed by atoms with E-state index in [9.17, 15) is 4.79 Å². The van der Waals surface area contributed by atoms with Gasteiger partial charge in [-0.25, -0.2) is 15.0 Å². The Labute approximate surface area is 165 Å². The molecule has 1 saturated heterocycles. The van der Waals surface area contributed by atoms with Crippen molar-refractivity contribution in [1.82, 2.24) is 19.9 Å². The van der Waals surface area contributed by atoms with Gasteiger partial charge in [-0.05, 0) is 50.8 Å². The average molecular weight is 374 g/mol. The number of hydrogen-bond acceptors (Lipinski definition) is 4. The van der Waals surface area contributed by atoms with Gasteiger partial charge in [0, 0.05) is 42.4 Å². The Morgan fingerprint density at radius 2 is 1.96 bits per heavy atom.